The molecule has 0 radical (unpaired) electrons. The molecule has 0 bridgehead atoms. The Kier molecular flexibility index (Phi) is 59.8. The van der Waals surface area contributed by atoms with Gasteiger partial charge in [0.1, 0.15) is 121 Å². The van der Waals surface area contributed by atoms with Crippen LogP contribution in [0, 0.1) is 11.8 Å². The lowest BCUT2D eigenvalue weighted by Gasteiger charge is -2.29. The Hall–Kier alpha value is -13.8. The van der Waals surface area contributed by atoms with E-state index in [-0.39, 0.29) is 62.1 Å². The molecular weight excluding hydrogens is 1970 g/mol. The number of thioether (sulfide) groups is 1. The van der Waals surface area contributed by atoms with E-state index in [1.54, 1.807) is 39.3 Å². The molecule has 0 aliphatic heterocycles. The SMILES string of the molecule is CSCC[C@H](NC(=O)[C@H](Cc1ccc(O)cc1)NC(=O)[C@H](C)NC(=O)[C@@H](NC(=O)[C@H](CO)NC(=O)[C@H](CO)NC(=O)[C@H](CO)NC(=O)[C@H](CCCCN)NC(=O)[C@H](CC(=O)O)NC(=O)[C@H](C)N)[C@@H](C)O)C(=O)N[C@@H](CCC(N)=O)C(=O)N[C@@H](CC(C)C)C(=O)N[C@@H](CO)C(=O)N[C@@H](CO)C(=O)N[C@@H](CC(C)C)C(=O)N[C@H](C(=O)N[C@@H](CO)C(=O)N[C@@H](CCC(=O)O)C(=O)N[C@@H](CC(=O)O)C(=O)N[C@@H](CO)C(=O)O)[C@@H](C)O. The van der Waals surface area contributed by atoms with Crippen LogP contribution in [0.25, 0.3) is 0 Å². The highest BCUT2D eigenvalue weighted by atomic mass is 32.2. The van der Waals surface area contributed by atoms with Gasteiger partial charge in [-0.1, -0.05) is 39.8 Å². The number of carbonyl (C=O) groups is 24. The highest BCUT2D eigenvalue weighted by molar-refractivity contribution is 7.98. The first kappa shape index (κ1) is 130. The minimum absolute atomic E-state index is 0.0832. The molecule has 39 N–H and O–H groups in total. The molecule has 22 atom stereocenters. The van der Waals surface area contributed by atoms with Gasteiger partial charge in [-0.15, -0.1) is 0 Å². The van der Waals surface area contributed by atoms with Crippen LogP contribution in [0.5, 0.6) is 5.75 Å². The highest BCUT2D eigenvalue weighted by Crippen LogP contribution is 2.17. The molecule has 0 fully saturated rings. The fourth-order valence-corrected chi connectivity index (χ4v) is 13.5. The minimum atomic E-state index is -2.14. The van der Waals surface area contributed by atoms with Crippen LogP contribution >= 0.6 is 11.8 Å². The van der Waals surface area contributed by atoms with Crippen LogP contribution in [0.3, 0.4) is 0 Å². The number of aliphatic hydroxyl groups excluding tert-OH is 9. The van der Waals surface area contributed by atoms with Crippen molar-refractivity contribution in [2.75, 3.05) is 64.8 Å². The number of unbranched alkanes of at least 4 members (excludes halogenated alkanes) is 1. The maximum absolute atomic E-state index is 14.7. The maximum atomic E-state index is 14.7. The first-order valence-corrected chi connectivity index (χ1v) is 47.1. The summed E-state index contributed by atoms with van der Waals surface area (Å²) in [7, 11) is 0. The van der Waals surface area contributed by atoms with Gasteiger partial charge < -0.3 is 190 Å². The van der Waals surface area contributed by atoms with E-state index in [4.69, 9.17) is 17.2 Å². The van der Waals surface area contributed by atoms with Crippen molar-refractivity contribution in [1.82, 2.24) is 101 Å². The number of hydrogen-bond donors (Lipinski definition) is 36. The lowest BCUT2D eigenvalue weighted by molar-refractivity contribution is -0.144. The molecule has 0 spiro atoms. The molecule has 20 amide bonds. The lowest BCUT2D eigenvalue weighted by atomic mass is 10.0. The Bertz CT molecular complexity index is 4620. The van der Waals surface area contributed by atoms with Crippen molar-refractivity contribution in [1.29, 1.82) is 0 Å². The molecule has 146 heavy (non-hydrogen) atoms. The van der Waals surface area contributed by atoms with Gasteiger partial charge in [0.2, 0.25) is 118 Å². The number of rotatable bonds is 71. The van der Waals surface area contributed by atoms with Crippen LogP contribution in [0.15, 0.2) is 24.3 Å². The number of primary amides is 1. The van der Waals surface area contributed by atoms with Crippen LogP contribution in [0.4, 0.5) is 0 Å². The van der Waals surface area contributed by atoms with Gasteiger partial charge in [-0.25, -0.2) is 4.79 Å². The summed E-state index contributed by atoms with van der Waals surface area (Å²) in [6, 6.07) is -32.5. The summed E-state index contributed by atoms with van der Waals surface area (Å²) in [5.74, 6) is -33.4. The van der Waals surface area contributed by atoms with E-state index in [2.05, 4.69) is 69.1 Å². The van der Waals surface area contributed by atoms with Gasteiger partial charge in [0.05, 0.1) is 77.3 Å². The third-order valence-corrected chi connectivity index (χ3v) is 21.8. The fourth-order valence-electron chi connectivity index (χ4n) is 13.0. The summed E-state index contributed by atoms with van der Waals surface area (Å²) in [5.41, 5.74) is 16.9. The van der Waals surface area contributed by atoms with Crippen molar-refractivity contribution in [2.24, 2.45) is 29.0 Å². The average Bonchev–Trinajstić information content (AvgIpc) is 0.853. The number of nitrogens with two attached hydrogens (primary N) is 3. The lowest BCUT2D eigenvalue weighted by Crippen LogP contribution is -2.63. The molecule has 1 aromatic rings. The van der Waals surface area contributed by atoms with Crippen LogP contribution in [0.1, 0.15) is 138 Å². The fraction of sp³-hybridized carbons (Fsp3) is 0.647. The Balaban J connectivity index is 3.55. The molecule has 0 aromatic heterocycles. The van der Waals surface area contributed by atoms with E-state index in [1.807, 2.05) is 26.6 Å². The second-order valence-electron chi connectivity index (χ2n) is 34.4. The minimum Gasteiger partial charge on any atom is -0.508 e. The molecule has 0 heterocycles. The van der Waals surface area contributed by atoms with Gasteiger partial charge in [0.25, 0.3) is 0 Å². The number of carbonyl (C=O) groups excluding carboxylic acids is 20. The number of hydrogen-bond acceptors (Lipinski definition) is 37. The largest absolute Gasteiger partial charge is 0.508 e. The van der Waals surface area contributed by atoms with Crippen LogP contribution in [-0.4, -0.2) is 411 Å². The molecule has 60 nitrogen and oxygen atoms in total. The number of benzene rings is 1. The first-order valence-electron chi connectivity index (χ1n) is 45.7. The Morgan fingerprint density at radius 1 is 0.308 bits per heavy atom. The normalized spacial score (nSPS) is 15.7. The topological polar surface area (TPSA) is 1000 Å². The van der Waals surface area contributed by atoms with E-state index in [0.717, 1.165) is 32.5 Å². The predicted octanol–water partition coefficient (Wildman–Crippen LogP) is -16.6. The summed E-state index contributed by atoms with van der Waals surface area (Å²) in [6.07, 6.45) is -8.38. The van der Waals surface area contributed by atoms with Crippen LogP contribution < -0.4 is 118 Å². The Labute approximate surface area is 839 Å². The van der Waals surface area contributed by atoms with Crippen molar-refractivity contribution < 1.29 is 187 Å². The molecule has 0 unspecified atom stereocenters. The van der Waals surface area contributed by atoms with Gasteiger partial charge in [-0.05, 0) is 127 Å². The monoisotopic (exact) mass is 2110 g/mol. The van der Waals surface area contributed by atoms with Crippen LogP contribution in [0.2, 0.25) is 0 Å². The molecule has 0 aliphatic rings. The maximum Gasteiger partial charge on any atom is 0.328 e. The first-order chi connectivity index (χ1) is 68.4. The van der Waals surface area contributed by atoms with E-state index >= 15 is 0 Å². The number of aliphatic carboxylic acids is 4. The quantitative estimate of drug-likeness (QED) is 0.0269. The zero-order valence-corrected chi connectivity index (χ0v) is 82.2. The van der Waals surface area contributed by atoms with Crippen LogP contribution in [-0.2, 0) is 121 Å². The van der Waals surface area contributed by atoms with Crippen molar-refractivity contribution in [3.05, 3.63) is 29.8 Å². The molecule has 1 rings (SSSR count). The highest BCUT2D eigenvalue weighted by Gasteiger charge is 2.42. The predicted molar refractivity (Wildman–Crippen MR) is 503 cm³/mol. The standard InChI is InChI=1S/C85H138N22O38S/c1-36(2)24-48(72(131)100-55(31-110)80(139)101-53(29-108)78(137)97-49(25-37(3)4)76(135)106-65(41(8)116)84(143)104-57(33-112)77(136)92-46(18-20-61(119)120)70(129)98-52(28-63(123)124)75(134)105-59(35-114)85(144)145)96-69(128)45(17-19-60(88)118)91-71(130)47(21-23-146-9)93-73(132)50(26-42-13-15-43(117)16-14-42)95-67(126)39(6)89-83(142)64(40(7)115)107-82(141)58(34-113)103-81(140)56(32-111)102-79(138)54(30-109)99-68(127)44(12-10-11-22-86)90-74(133)51(27-62(121)122)94-66(125)38(5)87/h13-16,36-41,44-59,64-65,108-117H,10-12,17-35,86-87H2,1-9H3,(H2,88,118)(H,89,142)(H,90,133)(H,91,130)(H,92,136)(H,93,132)(H,94,125)(H,95,126)(H,96,128)(H,97,137)(H,98,129)(H,99,127)(H,100,131)(H,101,139)(H,102,138)(H,103,140)(H,104,143)(H,105,134)(H,106,135)(H,107,141)(H,119,120)(H,121,122)(H,123,124)(H,144,145)/t38-,39-,40+,41+,44-,45-,46-,47-,48-,49-,50-,51-,52-,53-,54-,55-,56-,57-,58-,59-,64-,65-/m0/s1. The number of phenolic OH excluding ortho intramolecular Hbond substituents is 1. The average molecular weight is 2110 g/mol. The molecule has 0 aliphatic carbocycles. The smallest absolute Gasteiger partial charge is 0.328 e. The molecular formula is C85H138N22O38S. The molecule has 822 valence electrons. The van der Waals surface area contributed by atoms with E-state index in [9.17, 15) is 187 Å². The van der Waals surface area contributed by atoms with Gasteiger partial charge in [-0.3, -0.25) is 110 Å². The molecule has 0 saturated heterocycles. The van der Waals surface area contributed by atoms with Gasteiger partial charge >= 0.3 is 23.9 Å². The van der Waals surface area contributed by atoms with Gasteiger partial charge in [-0.2, -0.15) is 11.8 Å². The van der Waals surface area contributed by atoms with Crippen molar-refractivity contribution in [3.8, 4) is 5.75 Å². The van der Waals surface area contributed by atoms with E-state index in [0.29, 0.717) is 0 Å². The van der Waals surface area contributed by atoms with Crippen molar-refractivity contribution in [2.45, 2.75) is 272 Å². The van der Waals surface area contributed by atoms with Crippen molar-refractivity contribution in [3.63, 3.8) is 0 Å². The Morgan fingerprint density at radius 3 is 0.904 bits per heavy atom. The zero-order valence-electron chi connectivity index (χ0n) is 81.4. The molecule has 61 heteroatoms. The van der Waals surface area contributed by atoms with E-state index < -0.39 is 378 Å². The summed E-state index contributed by atoms with van der Waals surface area (Å²) >= 11 is 1.16. The number of phenols is 1. The van der Waals surface area contributed by atoms with E-state index in [1.165, 1.54) is 31.2 Å². The number of carboxylic acid groups (broad SMARTS) is 4. The van der Waals surface area contributed by atoms with Gasteiger partial charge in [0, 0.05) is 19.3 Å². The molecule has 1 aromatic carbocycles. The summed E-state index contributed by atoms with van der Waals surface area (Å²) < 4.78 is 0. The van der Waals surface area contributed by atoms with Gasteiger partial charge in [0.15, 0.2) is 0 Å². The summed E-state index contributed by atoms with van der Waals surface area (Å²) in [4.78, 5) is 320. The third-order valence-electron chi connectivity index (χ3n) is 21.1. The number of aliphatic hydroxyl groups is 9. The summed E-state index contributed by atoms with van der Waals surface area (Å²) in [6.45, 7) is 1.75. The summed E-state index contributed by atoms with van der Waals surface area (Å²) in [5, 5.41) is 182. The number of nitrogens with one attached hydrogen (secondary N) is 19. The number of aromatic hydroxyl groups is 1. The zero-order chi connectivity index (χ0) is 111. The Morgan fingerprint density at radius 2 is 0.582 bits per heavy atom. The second kappa shape index (κ2) is 67.0. The number of carboxylic acids is 4. The number of amides is 20. The third kappa shape index (κ3) is 47.8. The second-order valence-corrected chi connectivity index (χ2v) is 35.4. The van der Waals surface area contributed by atoms with Crippen molar-refractivity contribution >= 4 is 154 Å². The molecule has 0 saturated carbocycles.